The molecule has 18 heavy (non-hydrogen) atoms. The summed E-state index contributed by atoms with van der Waals surface area (Å²) in [6.45, 7) is 5.61. The number of pyridine rings is 1. The molecule has 1 aromatic rings. The molecule has 0 saturated carbocycles. The zero-order valence-electron chi connectivity index (χ0n) is 10.6. The fraction of sp³-hybridized carbons (Fsp3) is 0.538. The third-order valence-electron chi connectivity index (χ3n) is 3.01. The molecule has 4 nitrogen and oxygen atoms in total. The highest BCUT2D eigenvalue weighted by molar-refractivity contribution is 5.76. The molecule has 1 aromatic heterocycles. The standard InChI is InChI=1S/C13H19N2O2.BrH/c1-12-2-5-14(6-3-12)7-4-13(16)15-8-10-17-11-9-15;/h2-3,5-6H,4,7-11H2,1H3;1H/q+1;/p-1. The predicted molar refractivity (Wildman–Crippen MR) is 63.4 cm³/mol. The van der Waals surface area contributed by atoms with Gasteiger partial charge in [0.1, 0.15) is 0 Å². The fourth-order valence-electron chi connectivity index (χ4n) is 1.88. The Kier molecular flexibility index (Phi) is 6.29. The third kappa shape index (κ3) is 4.38. The molecule has 2 rings (SSSR count). The second kappa shape index (κ2) is 7.48. The van der Waals surface area contributed by atoms with Crippen molar-refractivity contribution in [3.63, 3.8) is 0 Å². The Morgan fingerprint density at radius 3 is 2.56 bits per heavy atom. The molecule has 1 fully saturated rings. The smallest absolute Gasteiger partial charge is 0.229 e. The molecule has 1 aliphatic rings. The van der Waals surface area contributed by atoms with Crippen LogP contribution in [0.2, 0.25) is 0 Å². The summed E-state index contributed by atoms with van der Waals surface area (Å²) < 4.78 is 7.27. The summed E-state index contributed by atoms with van der Waals surface area (Å²) in [5.41, 5.74) is 1.24. The van der Waals surface area contributed by atoms with E-state index in [1.807, 2.05) is 21.9 Å². The molecule has 0 N–H and O–H groups in total. The van der Waals surface area contributed by atoms with Crippen molar-refractivity contribution in [1.29, 1.82) is 0 Å². The normalized spacial score (nSPS) is 15.1. The molecule has 0 atom stereocenters. The summed E-state index contributed by atoms with van der Waals surface area (Å²) in [5.74, 6) is 0.223. The highest BCUT2D eigenvalue weighted by Crippen LogP contribution is 2.00. The number of amides is 1. The van der Waals surface area contributed by atoms with Crippen LogP contribution in [0, 0.1) is 6.92 Å². The molecule has 100 valence electrons. The van der Waals surface area contributed by atoms with Gasteiger partial charge in [0.2, 0.25) is 5.91 Å². The van der Waals surface area contributed by atoms with Crippen LogP contribution in [-0.4, -0.2) is 37.1 Å². The summed E-state index contributed by atoms with van der Waals surface area (Å²) in [7, 11) is 0. The number of aryl methyl sites for hydroxylation is 2. The molecule has 1 aliphatic heterocycles. The van der Waals surface area contributed by atoms with Gasteiger partial charge in [-0.25, -0.2) is 4.57 Å². The van der Waals surface area contributed by atoms with Crippen LogP contribution in [0.1, 0.15) is 12.0 Å². The molecular weight excluding hydrogens is 296 g/mol. The van der Waals surface area contributed by atoms with Crippen LogP contribution in [0.25, 0.3) is 0 Å². The molecule has 0 aliphatic carbocycles. The Balaban J connectivity index is 0.00000162. The Hall–Kier alpha value is -0.940. The molecule has 0 unspecified atom stereocenters. The summed E-state index contributed by atoms with van der Waals surface area (Å²) in [4.78, 5) is 13.8. The van der Waals surface area contributed by atoms with E-state index in [9.17, 15) is 4.79 Å². The Morgan fingerprint density at radius 1 is 1.33 bits per heavy atom. The van der Waals surface area contributed by atoms with Crippen molar-refractivity contribution in [2.45, 2.75) is 19.9 Å². The molecule has 0 bridgehead atoms. The van der Waals surface area contributed by atoms with Crippen LogP contribution in [0.5, 0.6) is 0 Å². The molecule has 2 heterocycles. The number of carbonyl (C=O) groups is 1. The molecule has 1 amide bonds. The maximum absolute atomic E-state index is 11.9. The van der Waals surface area contributed by atoms with Crippen molar-refractivity contribution in [3.05, 3.63) is 30.1 Å². The third-order valence-corrected chi connectivity index (χ3v) is 3.01. The molecule has 0 spiro atoms. The topological polar surface area (TPSA) is 33.4 Å². The van der Waals surface area contributed by atoms with Gasteiger partial charge in [0, 0.05) is 25.2 Å². The van der Waals surface area contributed by atoms with E-state index in [1.54, 1.807) is 0 Å². The minimum absolute atomic E-state index is 0. The molecule has 5 heteroatoms. The van der Waals surface area contributed by atoms with Gasteiger partial charge in [0.25, 0.3) is 0 Å². The number of hydrogen-bond acceptors (Lipinski definition) is 2. The van der Waals surface area contributed by atoms with Gasteiger partial charge < -0.3 is 26.6 Å². The van der Waals surface area contributed by atoms with Crippen molar-refractivity contribution in [2.24, 2.45) is 0 Å². The van der Waals surface area contributed by atoms with Gasteiger partial charge in [-0.3, -0.25) is 4.79 Å². The maximum atomic E-state index is 11.9. The SMILES string of the molecule is Cc1cc[n+](CCC(=O)N2CCOCC2)cc1.[Br-]. The number of hydrogen-bond donors (Lipinski definition) is 0. The summed E-state index contributed by atoms with van der Waals surface area (Å²) in [5, 5.41) is 0. The van der Waals surface area contributed by atoms with Gasteiger partial charge in [0.15, 0.2) is 18.9 Å². The summed E-state index contributed by atoms with van der Waals surface area (Å²) >= 11 is 0. The lowest BCUT2D eigenvalue weighted by Crippen LogP contribution is -3.00. The molecule has 1 saturated heterocycles. The van der Waals surface area contributed by atoms with Crippen LogP contribution < -0.4 is 21.5 Å². The number of rotatable bonds is 3. The quantitative estimate of drug-likeness (QED) is 0.580. The average molecular weight is 315 g/mol. The van der Waals surface area contributed by atoms with E-state index >= 15 is 0 Å². The van der Waals surface area contributed by atoms with Crippen LogP contribution >= 0.6 is 0 Å². The number of nitrogens with zero attached hydrogens (tertiary/aromatic N) is 2. The predicted octanol–water partition coefficient (Wildman–Crippen LogP) is -2.46. The first kappa shape index (κ1) is 15.1. The zero-order chi connectivity index (χ0) is 12.1. The Morgan fingerprint density at radius 2 is 1.94 bits per heavy atom. The monoisotopic (exact) mass is 314 g/mol. The van der Waals surface area contributed by atoms with Gasteiger partial charge in [0.05, 0.1) is 19.6 Å². The van der Waals surface area contributed by atoms with E-state index in [-0.39, 0.29) is 22.9 Å². The van der Waals surface area contributed by atoms with E-state index < -0.39 is 0 Å². The Labute approximate surface area is 118 Å². The highest BCUT2D eigenvalue weighted by atomic mass is 79.9. The zero-order valence-corrected chi connectivity index (χ0v) is 12.2. The number of halogens is 1. The molecule has 0 radical (unpaired) electrons. The summed E-state index contributed by atoms with van der Waals surface area (Å²) in [6, 6.07) is 4.11. The fourth-order valence-corrected chi connectivity index (χ4v) is 1.88. The lowest BCUT2D eigenvalue weighted by Gasteiger charge is -2.26. The molecular formula is C13H19BrN2O2. The van der Waals surface area contributed by atoms with Crippen molar-refractivity contribution in [3.8, 4) is 0 Å². The lowest BCUT2D eigenvalue weighted by molar-refractivity contribution is -0.696. The minimum atomic E-state index is 0. The number of aromatic nitrogens is 1. The van der Waals surface area contributed by atoms with Gasteiger partial charge >= 0.3 is 0 Å². The summed E-state index contributed by atoms with van der Waals surface area (Å²) in [6.07, 6.45) is 4.59. The van der Waals surface area contributed by atoms with Crippen molar-refractivity contribution >= 4 is 5.91 Å². The van der Waals surface area contributed by atoms with Crippen LogP contribution in [0.3, 0.4) is 0 Å². The maximum Gasteiger partial charge on any atom is 0.229 e. The molecule has 0 aromatic carbocycles. The number of carbonyl (C=O) groups excluding carboxylic acids is 1. The van der Waals surface area contributed by atoms with Crippen molar-refractivity contribution in [1.82, 2.24) is 4.90 Å². The lowest BCUT2D eigenvalue weighted by atomic mass is 10.3. The highest BCUT2D eigenvalue weighted by Gasteiger charge is 2.17. The van der Waals surface area contributed by atoms with Crippen LogP contribution in [-0.2, 0) is 16.1 Å². The van der Waals surface area contributed by atoms with Gasteiger partial charge in [-0.05, 0) is 12.5 Å². The van der Waals surface area contributed by atoms with Crippen molar-refractivity contribution in [2.75, 3.05) is 26.3 Å². The van der Waals surface area contributed by atoms with Gasteiger partial charge in [-0.1, -0.05) is 0 Å². The number of morpholine rings is 1. The van der Waals surface area contributed by atoms with E-state index in [1.165, 1.54) is 5.56 Å². The van der Waals surface area contributed by atoms with Crippen LogP contribution in [0.4, 0.5) is 0 Å². The minimum Gasteiger partial charge on any atom is -1.00 e. The van der Waals surface area contributed by atoms with Crippen LogP contribution in [0.15, 0.2) is 24.5 Å². The first-order valence-electron chi connectivity index (χ1n) is 6.07. The number of ether oxygens (including phenoxy) is 1. The second-order valence-electron chi connectivity index (χ2n) is 4.36. The second-order valence-corrected chi connectivity index (χ2v) is 4.36. The van der Waals surface area contributed by atoms with Gasteiger partial charge in [-0.15, -0.1) is 0 Å². The average Bonchev–Trinajstić information content (AvgIpc) is 2.39. The van der Waals surface area contributed by atoms with E-state index in [4.69, 9.17) is 4.74 Å². The van der Waals surface area contributed by atoms with E-state index in [2.05, 4.69) is 19.1 Å². The van der Waals surface area contributed by atoms with E-state index in [0.717, 1.165) is 19.6 Å². The Bertz CT molecular complexity index is 375. The van der Waals surface area contributed by atoms with Gasteiger partial charge in [-0.2, -0.15) is 0 Å². The van der Waals surface area contributed by atoms with Crippen molar-refractivity contribution < 1.29 is 31.1 Å². The first-order chi connectivity index (χ1) is 8.25. The largest absolute Gasteiger partial charge is 1.00 e. The first-order valence-corrected chi connectivity index (χ1v) is 6.07. The van der Waals surface area contributed by atoms with E-state index in [0.29, 0.717) is 19.6 Å².